The molecule has 5 aliphatic carbocycles. The molecule has 0 radical (unpaired) electrons. The minimum absolute atomic E-state index is 0.00133. The van der Waals surface area contributed by atoms with Crippen molar-refractivity contribution in [2.75, 3.05) is 0 Å². The summed E-state index contributed by atoms with van der Waals surface area (Å²) in [5, 5.41) is 23.1. The van der Waals surface area contributed by atoms with Gasteiger partial charge in [0, 0.05) is 11.8 Å². The molecule has 3 nitrogen and oxygen atoms in total. The summed E-state index contributed by atoms with van der Waals surface area (Å²) >= 11 is 0. The zero-order valence-electron chi connectivity index (χ0n) is 21.6. The quantitative estimate of drug-likeness (QED) is 0.447. The molecule has 5 rings (SSSR count). The van der Waals surface area contributed by atoms with Crippen molar-refractivity contribution in [2.45, 2.75) is 118 Å². The molecule has 5 aliphatic rings. The average Bonchev–Trinajstić information content (AvgIpc) is 2.64. The number of carbonyl (C=O) groups excluding carboxylic acids is 1. The van der Waals surface area contributed by atoms with Crippen molar-refractivity contribution in [1.29, 1.82) is 0 Å². The molecule has 3 heteroatoms. The van der Waals surface area contributed by atoms with Crippen LogP contribution in [0.15, 0.2) is 11.6 Å². The van der Waals surface area contributed by atoms with Crippen LogP contribution in [0.2, 0.25) is 0 Å². The molecule has 2 N–H and O–H groups in total. The van der Waals surface area contributed by atoms with E-state index >= 15 is 0 Å². The van der Waals surface area contributed by atoms with Crippen molar-refractivity contribution in [2.24, 2.45) is 44.8 Å². The van der Waals surface area contributed by atoms with E-state index in [9.17, 15) is 15.0 Å². The lowest BCUT2D eigenvalue weighted by Gasteiger charge is -2.71. The van der Waals surface area contributed by atoms with Crippen LogP contribution in [0.5, 0.6) is 0 Å². The Bertz CT molecular complexity index is 870. The average molecular weight is 443 g/mol. The predicted octanol–water partition coefficient (Wildman–Crippen LogP) is 6.07. The second kappa shape index (κ2) is 6.51. The molecule has 0 spiro atoms. The van der Waals surface area contributed by atoms with Crippen LogP contribution < -0.4 is 0 Å². The number of aliphatic hydroxyl groups excluding tert-OH is 1. The Hall–Kier alpha value is -0.670. The van der Waals surface area contributed by atoms with Crippen LogP contribution in [0.25, 0.3) is 0 Å². The van der Waals surface area contributed by atoms with E-state index in [0.29, 0.717) is 30.5 Å². The molecular formula is C29H46O3. The Morgan fingerprint density at radius 1 is 0.906 bits per heavy atom. The van der Waals surface area contributed by atoms with Crippen molar-refractivity contribution in [3.8, 4) is 0 Å². The summed E-state index contributed by atoms with van der Waals surface area (Å²) in [4.78, 5) is 13.6. The van der Waals surface area contributed by atoms with E-state index in [4.69, 9.17) is 0 Å². The van der Waals surface area contributed by atoms with Gasteiger partial charge in [-0.05, 0) is 90.4 Å². The highest BCUT2D eigenvalue weighted by atomic mass is 16.3. The number of hydrogen-bond acceptors (Lipinski definition) is 3. The Labute approximate surface area is 195 Å². The molecule has 4 saturated carbocycles. The summed E-state index contributed by atoms with van der Waals surface area (Å²) in [5.74, 6) is 1.07. The minimum Gasteiger partial charge on any atom is -0.393 e. The van der Waals surface area contributed by atoms with E-state index in [1.165, 1.54) is 5.57 Å². The van der Waals surface area contributed by atoms with Crippen LogP contribution in [-0.4, -0.2) is 27.7 Å². The SMILES string of the molecule is CC1(C)CCC2C(=O)CC3(C)C(=CCC4C5(C)CCC(O)C(C)(C)C5CCC43C)C2(O)C1. The van der Waals surface area contributed by atoms with Crippen molar-refractivity contribution in [3.63, 3.8) is 0 Å². The molecule has 0 aromatic rings. The van der Waals surface area contributed by atoms with Crippen LogP contribution in [0, 0.1) is 44.8 Å². The molecule has 0 amide bonds. The molecule has 8 unspecified atom stereocenters. The fourth-order valence-corrected chi connectivity index (χ4v) is 10.3. The lowest BCUT2D eigenvalue weighted by atomic mass is 9.34. The highest BCUT2D eigenvalue weighted by Crippen LogP contribution is 2.74. The maximum Gasteiger partial charge on any atom is 0.140 e. The van der Waals surface area contributed by atoms with E-state index in [-0.39, 0.29) is 39.1 Å². The Balaban J connectivity index is 1.62. The number of allylic oxidation sites excluding steroid dienone is 1. The first kappa shape index (κ1) is 23.1. The van der Waals surface area contributed by atoms with Gasteiger partial charge in [-0.15, -0.1) is 0 Å². The first-order chi connectivity index (χ1) is 14.6. The van der Waals surface area contributed by atoms with Gasteiger partial charge in [0.15, 0.2) is 0 Å². The van der Waals surface area contributed by atoms with Crippen molar-refractivity contribution in [1.82, 2.24) is 0 Å². The van der Waals surface area contributed by atoms with Crippen molar-refractivity contribution in [3.05, 3.63) is 11.6 Å². The van der Waals surface area contributed by atoms with Crippen LogP contribution in [-0.2, 0) is 4.79 Å². The first-order valence-electron chi connectivity index (χ1n) is 13.3. The molecule has 0 aromatic heterocycles. The van der Waals surface area contributed by atoms with E-state index in [1.54, 1.807) is 0 Å². The maximum absolute atomic E-state index is 13.6. The number of hydrogen-bond donors (Lipinski definition) is 2. The molecule has 0 aliphatic heterocycles. The molecule has 0 bridgehead atoms. The van der Waals surface area contributed by atoms with Gasteiger partial charge in [-0.3, -0.25) is 4.79 Å². The fraction of sp³-hybridized carbons (Fsp3) is 0.897. The number of fused-ring (bicyclic) bond motifs is 7. The molecule has 0 aromatic carbocycles. The largest absolute Gasteiger partial charge is 0.393 e. The normalized spacial score (nSPS) is 53.9. The van der Waals surface area contributed by atoms with Crippen LogP contribution >= 0.6 is 0 Å². The van der Waals surface area contributed by atoms with Gasteiger partial charge >= 0.3 is 0 Å². The summed E-state index contributed by atoms with van der Waals surface area (Å²) in [7, 11) is 0. The molecule has 32 heavy (non-hydrogen) atoms. The van der Waals surface area contributed by atoms with Crippen LogP contribution in [0.3, 0.4) is 0 Å². The summed E-state index contributed by atoms with van der Waals surface area (Å²) in [6.45, 7) is 16.3. The summed E-state index contributed by atoms with van der Waals surface area (Å²) in [6.07, 6.45) is 10.4. The number of carbonyl (C=O) groups is 1. The molecule has 0 heterocycles. The number of Topliss-reactive ketones (excluding diaryl/α,β-unsaturated/α-hetero) is 1. The third-order valence-electron chi connectivity index (χ3n) is 12.3. The minimum atomic E-state index is -0.973. The maximum atomic E-state index is 13.6. The summed E-state index contributed by atoms with van der Waals surface area (Å²) in [6, 6.07) is 0. The smallest absolute Gasteiger partial charge is 0.140 e. The standard InChI is InChI=1S/C29H46O3/c1-24(2)13-10-18-19(30)16-28(7)22(29(18,32)17-24)9-8-21-26(5)14-12-23(31)25(3,4)20(26)11-15-27(21,28)6/h9,18,20-21,23,31-32H,8,10-17H2,1-7H3. The second-order valence-electron chi connectivity index (χ2n) is 14.6. The summed E-state index contributed by atoms with van der Waals surface area (Å²) < 4.78 is 0. The first-order valence-corrected chi connectivity index (χ1v) is 13.3. The molecule has 0 saturated heterocycles. The third kappa shape index (κ3) is 2.65. The lowest BCUT2D eigenvalue weighted by molar-refractivity contribution is -0.209. The Kier molecular flexibility index (Phi) is 4.69. The number of rotatable bonds is 0. The molecule has 8 atom stereocenters. The van der Waals surface area contributed by atoms with Gasteiger partial charge in [0.25, 0.3) is 0 Å². The van der Waals surface area contributed by atoms with Crippen LogP contribution in [0.1, 0.15) is 106 Å². The monoisotopic (exact) mass is 442 g/mol. The van der Waals surface area contributed by atoms with E-state index in [0.717, 1.165) is 44.9 Å². The zero-order chi connectivity index (χ0) is 23.5. The molecule has 4 fully saturated rings. The summed E-state index contributed by atoms with van der Waals surface area (Å²) in [5.41, 5.74) is 0.111. The zero-order valence-corrected chi connectivity index (χ0v) is 21.6. The van der Waals surface area contributed by atoms with Gasteiger partial charge in [-0.2, -0.15) is 0 Å². The van der Waals surface area contributed by atoms with Gasteiger partial charge < -0.3 is 10.2 Å². The second-order valence-corrected chi connectivity index (χ2v) is 14.6. The van der Waals surface area contributed by atoms with Crippen LogP contribution in [0.4, 0.5) is 0 Å². The Morgan fingerprint density at radius 3 is 2.28 bits per heavy atom. The lowest BCUT2D eigenvalue weighted by Crippen LogP contribution is -2.67. The van der Waals surface area contributed by atoms with Crippen molar-refractivity contribution < 1.29 is 15.0 Å². The van der Waals surface area contributed by atoms with Gasteiger partial charge in [-0.25, -0.2) is 0 Å². The highest BCUT2D eigenvalue weighted by molar-refractivity contribution is 5.86. The topological polar surface area (TPSA) is 57.5 Å². The highest BCUT2D eigenvalue weighted by Gasteiger charge is 2.70. The van der Waals surface area contributed by atoms with Gasteiger partial charge in [-0.1, -0.05) is 54.5 Å². The van der Waals surface area contributed by atoms with E-state index in [2.05, 4.69) is 54.5 Å². The molecule has 180 valence electrons. The van der Waals surface area contributed by atoms with E-state index in [1.807, 2.05) is 0 Å². The van der Waals surface area contributed by atoms with Gasteiger partial charge in [0.1, 0.15) is 5.78 Å². The van der Waals surface area contributed by atoms with Crippen molar-refractivity contribution >= 4 is 5.78 Å². The predicted molar refractivity (Wildman–Crippen MR) is 128 cm³/mol. The van der Waals surface area contributed by atoms with Gasteiger partial charge in [0.2, 0.25) is 0 Å². The number of aliphatic hydroxyl groups is 2. The Morgan fingerprint density at radius 2 is 1.59 bits per heavy atom. The van der Waals surface area contributed by atoms with Gasteiger partial charge in [0.05, 0.1) is 17.6 Å². The third-order valence-corrected chi connectivity index (χ3v) is 12.3. The number of ketones is 1. The fourth-order valence-electron chi connectivity index (χ4n) is 10.3. The molecular weight excluding hydrogens is 396 g/mol. The van der Waals surface area contributed by atoms with E-state index < -0.39 is 5.60 Å².